The third-order valence-corrected chi connectivity index (χ3v) is 0.387. The van der Waals surface area contributed by atoms with Crippen molar-refractivity contribution in [1.29, 1.82) is 0 Å². The van der Waals surface area contributed by atoms with Crippen molar-refractivity contribution >= 4 is 25.0 Å². The maximum Gasteiger partial charge on any atom is 0.0402 e. The van der Waals surface area contributed by atoms with E-state index in [1.54, 1.807) is 6.92 Å². The zero-order valence-electron chi connectivity index (χ0n) is 5.00. The average Bonchev–Trinajstić information content (AvgIpc) is 1.69. The maximum absolute atomic E-state index is 7.57. The van der Waals surface area contributed by atoms with Gasteiger partial charge < -0.3 is 10.8 Å². The van der Waals surface area contributed by atoms with E-state index in [0.29, 0.717) is 6.54 Å². The van der Waals surface area contributed by atoms with Crippen molar-refractivity contribution in [2.75, 3.05) is 18.9 Å². The molecule has 0 rings (SSSR count). The minimum absolute atomic E-state index is 0. The minimum Gasteiger partial charge on any atom is -0.397 e. The lowest BCUT2D eigenvalue weighted by atomic mass is 10.8. The van der Waals surface area contributed by atoms with Crippen LogP contribution >= 0.6 is 25.0 Å². The number of hydrogen-bond donors (Lipinski definition) is 3. The van der Waals surface area contributed by atoms with Crippen LogP contribution < -0.4 is 5.73 Å². The fourth-order valence-electron chi connectivity index (χ4n) is 0. The van der Waals surface area contributed by atoms with Crippen LogP contribution in [0.1, 0.15) is 6.92 Å². The molecule has 4 heteroatoms. The van der Waals surface area contributed by atoms with E-state index < -0.39 is 0 Å². The topological polar surface area (TPSA) is 46.2 Å². The van der Waals surface area contributed by atoms with E-state index in [4.69, 9.17) is 10.8 Å². The molecule has 0 aliphatic rings. The molecule has 54 valence electrons. The van der Waals surface area contributed by atoms with Crippen LogP contribution in [-0.4, -0.2) is 24.0 Å². The Morgan fingerprint density at radius 3 is 1.75 bits per heavy atom. The summed E-state index contributed by atoms with van der Waals surface area (Å²) in [5, 5.41) is 7.57. The van der Waals surface area contributed by atoms with Crippen LogP contribution in [0.2, 0.25) is 0 Å². The largest absolute Gasteiger partial charge is 0.397 e. The van der Waals surface area contributed by atoms with Crippen molar-refractivity contribution in [2.45, 2.75) is 6.92 Å². The van der Waals surface area contributed by atoms with Gasteiger partial charge in [-0.05, 0) is 6.92 Å². The Hall–Kier alpha value is 0.560. The van der Waals surface area contributed by atoms with Gasteiger partial charge in [0.05, 0.1) is 0 Å². The van der Waals surface area contributed by atoms with Crippen LogP contribution in [0.4, 0.5) is 0 Å². The van der Waals surface area contributed by atoms with Gasteiger partial charge in [0.2, 0.25) is 0 Å². The Bertz CT molecular complexity index is 23.5. The predicted molar refractivity (Wildman–Crippen MR) is 42.9 cm³/mol. The summed E-state index contributed by atoms with van der Waals surface area (Å²) in [5.41, 5.74) is 4.95. The molecule has 0 atom stereocenters. The summed E-state index contributed by atoms with van der Waals surface area (Å²) in [5.74, 6) is 0.792. The van der Waals surface area contributed by atoms with Crippen LogP contribution in [0.3, 0.4) is 0 Å². The second-order valence-electron chi connectivity index (χ2n) is 0.829. The molecule has 0 saturated carbocycles. The number of thiol groups is 1. The second-order valence-corrected chi connectivity index (χ2v) is 1.28. The third kappa shape index (κ3) is 83.3. The predicted octanol–water partition coefficient (Wildman–Crippen LogP) is 0.295. The van der Waals surface area contributed by atoms with Crippen molar-refractivity contribution < 1.29 is 5.11 Å². The van der Waals surface area contributed by atoms with Gasteiger partial charge >= 0.3 is 0 Å². The highest BCUT2D eigenvalue weighted by Crippen LogP contribution is 1.58. The Morgan fingerprint density at radius 1 is 1.62 bits per heavy atom. The van der Waals surface area contributed by atoms with E-state index in [0.717, 1.165) is 5.75 Å². The molecule has 8 heavy (non-hydrogen) atoms. The van der Waals surface area contributed by atoms with E-state index >= 15 is 0 Å². The monoisotopic (exact) mass is 159 g/mol. The van der Waals surface area contributed by atoms with Crippen molar-refractivity contribution in [2.24, 2.45) is 5.73 Å². The summed E-state index contributed by atoms with van der Waals surface area (Å²) < 4.78 is 0. The molecule has 0 bridgehead atoms. The highest BCUT2D eigenvalue weighted by molar-refractivity contribution is 7.80. The first kappa shape index (κ1) is 15.8. The van der Waals surface area contributed by atoms with Crippen LogP contribution in [0.5, 0.6) is 0 Å². The Labute approximate surface area is 62.3 Å². The van der Waals surface area contributed by atoms with E-state index in [1.807, 2.05) is 0 Å². The fourth-order valence-corrected chi connectivity index (χ4v) is 0. The molecule has 0 unspecified atom stereocenters. The van der Waals surface area contributed by atoms with Gasteiger partial charge in [0.1, 0.15) is 0 Å². The number of rotatable bonds is 1. The molecule has 0 aliphatic carbocycles. The minimum atomic E-state index is 0. The molecule has 0 fully saturated rings. The fraction of sp³-hybridized carbons (Fsp3) is 1.00. The van der Waals surface area contributed by atoms with Crippen molar-refractivity contribution in [3.8, 4) is 0 Å². The van der Waals surface area contributed by atoms with E-state index in [1.165, 1.54) is 0 Å². The molecule has 0 heterocycles. The van der Waals surface area contributed by atoms with Gasteiger partial charge in [0, 0.05) is 18.9 Å². The molecule has 2 nitrogen and oxygen atoms in total. The smallest absolute Gasteiger partial charge is 0.0402 e. The van der Waals surface area contributed by atoms with E-state index in [9.17, 15) is 0 Å². The van der Waals surface area contributed by atoms with Gasteiger partial charge in [-0.15, -0.1) is 12.4 Å². The van der Waals surface area contributed by atoms with Crippen molar-refractivity contribution in [1.82, 2.24) is 0 Å². The van der Waals surface area contributed by atoms with Crippen molar-refractivity contribution in [3.63, 3.8) is 0 Å². The maximum atomic E-state index is 7.57. The lowest BCUT2D eigenvalue weighted by Gasteiger charge is -1.69. The van der Waals surface area contributed by atoms with Crippen LogP contribution in [-0.2, 0) is 0 Å². The molecule has 0 saturated heterocycles. The van der Waals surface area contributed by atoms with Gasteiger partial charge in [0.25, 0.3) is 0 Å². The van der Waals surface area contributed by atoms with Crippen LogP contribution in [0.15, 0.2) is 0 Å². The van der Waals surface area contributed by atoms with Gasteiger partial charge in [-0.2, -0.15) is 12.6 Å². The van der Waals surface area contributed by atoms with Gasteiger partial charge in [-0.25, -0.2) is 0 Å². The van der Waals surface area contributed by atoms with Gasteiger partial charge in [-0.1, -0.05) is 0 Å². The zero-order valence-corrected chi connectivity index (χ0v) is 6.71. The molecular formula is C4H14ClNOS. The number of aliphatic hydroxyl groups excluding tert-OH is 1. The van der Waals surface area contributed by atoms with Crippen LogP contribution in [0.25, 0.3) is 0 Å². The Morgan fingerprint density at radius 2 is 1.75 bits per heavy atom. The SMILES string of the molecule is CCO.Cl.NCCS. The van der Waals surface area contributed by atoms with Gasteiger partial charge in [-0.3, -0.25) is 0 Å². The number of nitrogens with two attached hydrogens (primary N) is 1. The molecule has 0 aromatic rings. The van der Waals surface area contributed by atoms with Crippen molar-refractivity contribution in [3.05, 3.63) is 0 Å². The first-order valence-electron chi connectivity index (χ1n) is 2.25. The zero-order chi connectivity index (χ0) is 6.12. The standard InChI is InChI=1S/C2H7NS.C2H6O.ClH/c3-1-2-4;1-2-3;/h4H,1-3H2;3H,2H2,1H3;1H. The quantitative estimate of drug-likeness (QED) is 0.482. The summed E-state index contributed by atoms with van der Waals surface area (Å²) in [6, 6.07) is 0. The molecule has 0 radical (unpaired) electrons. The summed E-state index contributed by atoms with van der Waals surface area (Å²) in [4.78, 5) is 0. The molecule has 3 N–H and O–H groups in total. The third-order valence-electron chi connectivity index (χ3n) is 0.129. The molecule has 0 aromatic carbocycles. The summed E-state index contributed by atoms with van der Waals surface area (Å²) in [6.07, 6.45) is 0. The lowest BCUT2D eigenvalue weighted by molar-refractivity contribution is 0.318. The highest BCUT2D eigenvalue weighted by Gasteiger charge is 1.56. The van der Waals surface area contributed by atoms with E-state index in [-0.39, 0.29) is 19.0 Å². The number of hydrogen-bond acceptors (Lipinski definition) is 3. The highest BCUT2D eigenvalue weighted by atomic mass is 35.5. The average molecular weight is 160 g/mol. The first-order chi connectivity index (χ1) is 3.33. The second kappa shape index (κ2) is 25.7. The normalized spacial score (nSPS) is 6.00. The Kier molecular flexibility index (Phi) is 50.8. The first-order valence-corrected chi connectivity index (χ1v) is 2.88. The molecule has 0 aromatic heterocycles. The molecule has 0 spiro atoms. The summed E-state index contributed by atoms with van der Waals surface area (Å²) in [6.45, 7) is 2.61. The molecule has 0 amide bonds. The summed E-state index contributed by atoms with van der Waals surface area (Å²) >= 11 is 3.80. The van der Waals surface area contributed by atoms with E-state index in [2.05, 4.69) is 12.6 Å². The Balaban J connectivity index is -0.0000000575. The van der Waals surface area contributed by atoms with Crippen LogP contribution in [0, 0.1) is 0 Å². The molecular weight excluding hydrogens is 146 g/mol. The summed E-state index contributed by atoms with van der Waals surface area (Å²) in [7, 11) is 0. The number of halogens is 1. The van der Waals surface area contributed by atoms with Gasteiger partial charge in [0.15, 0.2) is 0 Å². The lowest BCUT2D eigenvalue weighted by Crippen LogP contribution is -1.97. The molecule has 0 aliphatic heterocycles. The number of aliphatic hydroxyl groups is 1.